The van der Waals surface area contributed by atoms with Crippen molar-refractivity contribution in [3.8, 4) is 45.5 Å². The number of rotatable bonds is 5. The third kappa shape index (κ3) is 3.44. The standard InChI is InChI=1S/C22H16N4O4S/c1-11(27)22-24-15(9-31-22)19-18(14-6-7-16-17(8-14)30-10-29-16)25-21(26-19)13-4-2-12(3-5-13)20(23)28/h2-9H,10H2,1H3,(H2,23,28)(H,25,26). The van der Waals surface area contributed by atoms with E-state index in [2.05, 4.69) is 9.97 Å². The van der Waals surface area contributed by atoms with Gasteiger partial charge in [-0.25, -0.2) is 9.97 Å². The topological polar surface area (TPSA) is 120 Å². The molecule has 154 valence electrons. The van der Waals surface area contributed by atoms with Gasteiger partial charge < -0.3 is 20.2 Å². The number of ketones is 1. The van der Waals surface area contributed by atoms with Crippen LogP contribution in [0.1, 0.15) is 27.1 Å². The Morgan fingerprint density at radius 3 is 2.48 bits per heavy atom. The number of benzene rings is 2. The third-order valence-electron chi connectivity index (χ3n) is 4.85. The SMILES string of the molecule is CC(=O)c1nc(-c2[nH]c(-c3ccc(C(N)=O)cc3)nc2-c2ccc3c(c2)OCO3)cs1. The van der Waals surface area contributed by atoms with Crippen LogP contribution in [-0.2, 0) is 0 Å². The quantitative estimate of drug-likeness (QED) is 0.462. The van der Waals surface area contributed by atoms with Crippen molar-refractivity contribution in [2.75, 3.05) is 6.79 Å². The van der Waals surface area contributed by atoms with Gasteiger partial charge in [-0.2, -0.15) is 0 Å². The van der Waals surface area contributed by atoms with Gasteiger partial charge >= 0.3 is 0 Å². The molecule has 0 bridgehead atoms. The van der Waals surface area contributed by atoms with E-state index in [4.69, 9.17) is 20.2 Å². The third-order valence-corrected chi connectivity index (χ3v) is 5.80. The zero-order valence-corrected chi connectivity index (χ0v) is 17.2. The van der Waals surface area contributed by atoms with E-state index in [9.17, 15) is 9.59 Å². The number of nitrogens with one attached hydrogen (secondary N) is 1. The molecule has 1 aliphatic heterocycles. The molecule has 5 rings (SSSR count). The average Bonchev–Trinajstić information content (AvgIpc) is 3.51. The molecular formula is C22H16N4O4S. The van der Waals surface area contributed by atoms with Crippen molar-refractivity contribution in [2.45, 2.75) is 6.92 Å². The van der Waals surface area contributed by atoms with Gasteiger partial charge in [-0.15, -0.1) is 11.3 Å². The van der Waals surface area contributed by atoms with Gasteiger partial charge in [-0.3, -0.25) is 9.59 Å². The molecule has 1 aliphatic rings. The van der Waals surface area contributed by atoms with Crippen molar-refractivity contribution in [1.82, 2.24) is 15.0 Å². The van der Waals surface area contributed by atoms with Crippen molar-refractivity contribution in [1.29, 1.82) is 0 Å². The normalized spacial score (nSPS) is 12.2. The van der Waals surface area contributed by atoms with E-state index >= 15 is 0 Å². The first-order chi connectivity index (χ1) is 15.0. The number of nitrogens with two attached hydrogens (primary N) is 1. The molecule has 0 saturated heterocycles. The Hall–Kier alpha value is -3.98. The fraction of sp³-hybridized carbons (Fsp3) is 0.0909. The van der Waals surface area contributed by atoms with Crippen LogP contribution in [0.4, 0.5) is 0 Å². The van der Waals surface area contributed by atoms with Gasteiger partial charge in [0, 0.05) is 29.0 Å². The molecule has 2 aromatic heterocycles. The van der Waals surface area contributed by atoms with Gasteiger partial charge in [0.05, 0.1) is 11.4 Å². The number of aromatic amines is 1. The molecule has 0 fully saturated rings. The van der Waals surface area contributed by atoms with Crippen molar-refractivity contribution in [3.63, 3.8) is 0 Å². The lowest BCUT2D eigenvalue weighted by atomic mass is 10.1. The smallest absolute Gasteiger partial charge is 0.248 e. The highest BCUT2D eigenvalue weighted by Crippen LogP contribution is 2.39. The molecule has 31 heavy (non-hydrogen) atoms. The monoisotopic (exact) mass is 432 g/mol. The Labute approximate surface area is 180 Å². The van der Waals surface area contributed by atoms with E-state index in [0.29, 0.717) is 45.0 Å². The first-order valence-corrected chi connectivity index (χ1v) is 10.2. The molecule has 3 heterocycles. The number of H-pyrrole nitrogens is 1. The van der Waals surface area contributed by atoms with E-state index in [-0.39, 0.29) is 12.6 Å². The minimum atomic E-state index is -0.494. The van der Waals surface area contributed by atoms with E-state index in [1.165, 1.54) is 18.3 Å². The number of nitrogens with zero attached hydrogens (tertiary/aromatic N) is 2. The van der Waals surface area contributed by atoms with E-state index in [1.807, 2.05) is 23.6 Å². The molecule has 2 aromatic carbocycles. The number of carbonyl (C=O) groups excluding carboxylic acids is 2. The lowest BCUT2D eigenvalue weighted by molar-refractivity contribution is 0.0996. The second-order valence-corrected chi connectivity index (χ2v) is 7.77. The first kappa shape index (κ1) is 19.0. The summed E-state index contributed by atoms with van der Waals surface area (Å²) < 4.78 is 10.9. The number of Topliss-reactive ketones (excluding diaryl/α,β-unsaturated/α-hetero) is 1. The molecular weight excluding hydrogens is 416 g/mol. The summed E-state index contributed by atoms with van der Waals surface area (Å²) in [6.07, 6.45) is 0. The van der Waals surface area contributed by atoms with E-state index < -0.39 is 5.91 Å². The Morgan fingerprint density at radius 2 is 1.77 bits per heavy atom. The summed E-state index contributed by atoms with van der Waals surface area (Å²) in [5.74, 6) is 1.32. The summed E-state index contributed by atoms with van der Waals surface area (Å²) in [5.41, 5.74) is 9.30. The predicted molar refractivity (Wildman–Crippen MR) is 115 cm³/mol. The minimum absolute atomic E-state index is 0.0948. The molecule has 0 radical (unpaired) electrons. The molecule has 8 nitrogen and oxygen atoms in total. The van der Waals surface area contributed by atoms with Crippen LogP contribution in [0, 0.1) is 0 Å². The van der Waals surface area contributed by atoms with Crippen LogP contribution in [0.15, 0.2) is 47.8 Å². The summed E-state index contributed by atoms with van der Waals surface area (Å²) in [6, 6.07) is 12.4. The van der Waals surface area contributed by atoms with Crippen LogP contribution >= 0.6 is 11.3 Å². The Kier molecular flexibility index (Phi) is 4.52. The van der Waals surface area contributed by atoms with Crippen molar-refractivity contribution >= 4 is 23.0 Å². The Morgan fingerprint density at radius 1 is 1.03 bits per heavy atom. The molecule has 3 N–H and O–H groups in total. The number of aromatic nitrogens is 3. The van der Waals surface area contributed by atoms with Crippen LogP contribution < -0.4 is 15.2 Å². The molecule has 0 unspecified atom stereocenters. The maximum absolute atomic E-state index is 11.7. The number of hydrogen-bond donors (Lipinski definition) is 2. The fourth-order valence-electron chi connectivity index (χ4n) is 3.29. The summed E-state index contributed by atoms with van der Waals surface area (Å²) >= 11 is 1.28. The highest BCUT2D eigenvalue weighted by molar-refractivity contribution is 7.12. The molecule has 1 amide bonds. The van der Waals surface area contributed by atoms with Gasteiger partial charge in [-0.05, 0) is 30.3 Å². The number of carbonyl (C=O) groups is 2. The summed E-state index contributed by atoms with van der Waals surface area (Å²) in [7, 11) is 0. The molecule has 0 saturated carbocycles. The van der Waals surface area contributed by atoms with Gasteiger partial charge in [0.25, 0.3) is 0 Å². The number of ether oxygens (including phenoxy) is 2. The lowest BCUT2D eigenvalue weighted by Gasteiger charge is -2.02. The highest BCUT2D eigenvalue weighted by Gasteiger charge is 2.21. The Balaban J connectivity index is 1.64. The van der Waals surface area contributed by atoms with Gasteiger partial charge in [-0.1, -0.05) is 12.1 Å². The summed E-state index contributed by atoms with van der Waals surface area (Å²) in [4.78, 5) is 35.7. The Bertz CT molecular complexity index is 1320. The second-order valence-electron chi connectivity index (χ2n) is 6.91. The van der Waals surface area contributed by atoms with E-state index in [1.54, 1.807) is 24.3 Å². The number of imidazole rings is 1. The lowest BCUT2D eigenvalue weighted by Crippen LogP contribution is -2.10. The number of fused-ring (bicyclic) bond motifs is 1. The summed E-state index contributed by atoms with van der Waals surface area (Å²) in [5, 5.41) is 2.24. The number of amides is 1. The van der Waals surface area contributed by atoms with Crippen LogP contribution in [-0.4, -0.2) is 33.4 Å². The average molecular weight is 432 g/mol. The van der Waals surface area contributed by atoms with Crippen LogP contribution in [0.2, 0.25) is 0 Å². The second kappa shape index (κ2) is 7.37. The fourth-order valence-corrected chi connectivity index (χ4v) is 4.00. The number of thiazole rings is 1. The minimum Gasteiger partial charge on any atom is -0.454 e. The molecule has 0 aliphatic carbocycles. The van der Waals surface area contributed by atoms with Gasteiger partial charge in [0.15, 0.2) is 22.3 Å². The highest BCUT2D eigenvalue weighted by atomic mass is 32.1. The molecule has 4 aromatic rings. The first-order valence-electron chi connectivity index (χ1n) is 9.36. The molecule has 9 heteroatoms. The predicted octanol–water partition coefficient (Wildman–Crippen LogP) is 3.90. The van der Waals surface area contributed by atoms with Crippen molar-refractivity contribution in [3.05, 3.63) is 58.4 Å². The van der Waals surface area contributed by atoms with Gasteiger partial charge in [0.1, 0.15) is 11.5 Å². The van der Waals surface area contributed by atoms with Crippen LogP contribution in [0.25, 0.3) is 34.0 Å². The molecule has 0 atom stereocenters. The van der Waals surface area contributed by atoms with Crippen molar-refractivity contribution < 1.29 is 19.1 Å². The maximum Gasteiger partial charge on any atom is 0.248 e. The van der Waals surface area contributed by atoms with Crippen LogP contribution in [0.3, 0.4) is 0 Å². The van der Waals surface area contributed by atoms with Crippen LogP contribution in [0.5, 0.6) is 11.5 Å². The number of primary amides is 1. The van der Waals surface area contributed by atoms with Crippen molar-refractivity contribution in [2.24, 2.45) is 5.73 Å². The number of hydrogen-bond acceptors (Lipinski definition) is 7. The summed E-state index contributed by atoms with van der Waals surface area (Å²) in [6.45, 7) is 1.66. The zero-order chi connectivity index (χ0) is 21.5. The van der Waals surface area contributed by atoms with Gasteiger partial charge in [0.2, 0.25) is 12.7 Å². The molecule has 0 spiro atoms. The zero-order valence-electron chi connectivity index (χ0n) is 16.3. The maximum atomic E-state index is 11.7. The van der Waals surface area contributed by atoms with E-state index in [0.717, 1.165) is 11.1 Å². The largest absolute Gasteiger partial charge is 0.454 e.